The zero-order valence-electron chi connectivity index (χ0n) is 10.3. The second kappa shape index (κ2) is 6.71. The van der Waals surface area contributed by atoms with Crippen LogP contribution in [-0.2, 0) is 9.53 Å². The van der Waals surface area contributed by atoms with Crippen molar-refractivity contribution in [1.82, 2.24) is 0 Å². The fourth-order valence-electron chi connectivity index (χ4n) is 1.36. The fourth-order valence-corrected chi connectivity index (χ4v) is 1.57. The molecule has 1 rings (SSSR count). The fraction of sp³-hybridized carbons (Fsp3) is 0.273. The summed E-state index contributed by atoms with van der Waals surface area (Å²) < 4.78 is 9.49. The first-order valence-corrected chi connectivity index (χ1v) is 5.74. The Bertz CT molecular complexity index is 523. The van der Waals surface area contributed by atoms with Crippen molar-refractivity contribution in [2.24, 2.45) is 0 Å². The molecule has 0 aliphatic rings. The van der Waals surface area contributed by atoms with Crippen molar-refractivity contribution in [3.8, 4) is 5.75 Å². The van der Waals surface area contributed by atoms with E-state index < -0.39 is 40.5 Å². The summed E-state index contributed by atoms with van der Waals surface area (Å²) in [6, 6.07) is 1.94. The summed E-state index contributed by atoms with van der Waals surface area (Å²) in [6.07, 6.45) is 0. The molecule has 1 aromatic carbocycles. The second-order valence-corrected chi connectivity index (χ2v) is 3.89. The lowest BCUT2D eigenvalue weighted by atomic mass is 10.1. The molecule has 9 heteroatoms. The van der Waals surface area contributed by atoms with Crippen LogP contribution in [0.4, 0.5) is 5.69 Å². The molecule has 0 bridgehead atoms. The Hall–Kier alpha value is -2.35. The van der Waals surface area contributed by atoms with Gasteiger partial charge in [-0.1, -0.05) is 11.6 Å². The maximum absolute atomic E-state index is 11.2. The molecule has 0 aromatic heterocycles. The number of benzene rings is 1. The summed E-state index contributed by atoms with van der Waals surface area (Å²) in [5.74, 6) is -2.78. The zero-order chi connectivity index (χ0) is 15.3. The van der Waals surface area contributed by atoms with Gasteiger partial charge < -0.3 is 14.6 Å². The van der Waals surface area contributed by atoms with Gasteiger partial charge in [-0.15, -0.1) is 0 Å². The SMILES string of the molecule is CCOC(=O)COc1c(C(=O)O)cc(Cl)cc1[N+](=O)[O-]. The van der Waals surface area contributed by atoms with E-state index in [9.17, 15) is 19.7 Å². The van der Waals surface area contributed by atoms with Crippen LogP contribution in [-0.4, -0.2) is 35.2 Å². The number of hydrogen-bond acceptors (Lipinski definition) is 6. The molecule has 0 aliphatic carbocycles. The lowest BCUT2D eigenvalue weighted by Crippen LogP contribution is -2.16. The van der Waals surface area contributed by atoms with Crippen LogP contribution >= 0.6 is 11.6 Å². The number of carbonyl (C=O) groups excluding carboxylic acids is 1. The monoisotopic (exact) mass is 303 g/mol. The molecule has 0 amide bonds. The number of nitro groups is 1. The number of halogens is 1. The van der Waals surface area contributed by atoms with Crippen molar-refractivity contribution in [1.29, 1.82) is 0 Å². The van der Waals surface area contributed by atoms with Gasteiger partial charge in [0, 0.05) is 11.1 Å². The van der Waals surface area contributed by atoms with Crippen LogP contribution in [0.3, 0.4) is 0 Å². The number of rotatable bonds is 6. The van der Waals surface area contributed by atoms with E-state index in [-0.39, 0.29) is 11.6 Å². The van der Waals surface area contributed by atoms with Crippen molar-refractivity contribution >= 4 is 29.2 Å². The summed E-state index contributed by atoms with van der Waals surface area (Å²) in [6.45, 7) is 1.04. The van der Waals surface area contributed by atoms with Crippen molar-refractivity contribution in [3.63, 3.8) is 0 Å². The maximum atomic E-state index is 11.2. The molecule has 0 spiro atoms. The van der Waals surface area contributed by atoms with Gasteiger partial charge in [-0.05, 0) is 13.0 Å². The second-order valence-electron chi connectivity index (χ2n) is 3.46. The molecule has 8 nitrogen and oxygen atoms in total. The Balaban J connectivity index is 3.16. The third kappa shape index (κ3) is 3.82. The largest absolute Gasteiger partial charge is 0.478 e. The molecule has 0 fully saturated rings. The van der Waals surface area contributed by atoms with E-state index in [0.29, 0.717) is 0 Å². The highest BCUT2D eigenvalue weighted by Gasteiger charge is 2.25. The van der Waals surface area contributed by atoms with Gasteiger partial charge in [0.15, 0.2) is 6.61 Å². The predicted octanol–water partition coefficient (Wildman–Crippen LogP) is 1.89. The predicted molar refractivity (Wildman–Crippen MR) is 67.2 cm³/mol. The Morgan fingerprint density at radius 3 is 2.60 bits per heavy atom. The quantitative estimate of drug-likeness (QED) is 0.484. The minimum Gasteiger partial charge on any atom is -0.478 e. The van der Waals surface area contributed by atoms with Gasteiger partial charge in [-0.2, -0.15) is 0 Å². The molecule has 0 unspecified atom stereocenters. The van der Waals surface area contributed by atoms with Gasteiger partial charge in [0.25, 0.3) is 0 Å². The summed E-state index contributed by atoms with van der Waals surface area (Å²) in [5.41, 5.74) is -1.15. The molecule has 0 aliphatic heterocycles. The Morgan fingerprint density at radius 1 is 1.45 bits per heavy atom. The number of hydrogen-bond donors (Lipinski definition) is 1. The van der Waals surface area contributed by atoms with E-state index in [1.807, 2.05) is 0 Å². The number of carboxylic acids is 1. The summed E-state index contributed by atoms with van der Waals surface area (Å²) in [4.78, 5) is 32.2. The molecule has 0 saturated carbocycles. The zero-order valence-corrected chi connectivity index (χ0v) is 11.0. The number of ether oxygens (including phenoxy) is 2. The third-order valence-electron chi connectivity index (χ3n) is 2.10. The van der Waals surface area contributed by atoms with Crippen molar-refractivity contribution < 1.29 is 29.1 Å². The Labute approximate surface area is 118 Å². The highest BCUT2D eigenvalue weighted by Crippen LogP contribution is 2.34. The van der Waals surface area contributed by atoms with Gasteiger partial charge in [0.05, 0.1) is 11.5 Å². The summed E-state index contributed by atoms with van der Waals surface area (Å²) >= 11 is 5.61. The molecule has 0 saturated heterocycles. The van der Waals surface area contributed by atoms with E-state index in [0.717, 1.165) is 12.1 Å². The van der Waals surface area contributed by atoms with Gasteiger partial charge >= 0.3 is 17.6 Å². The van der Waals surface area contributed by atoms with Gasteiger partial charge in [0.1, 0.15) is 5.56 Å². The number of carboxylic acid groups (broad SMARTS) is 1. The number of esters is 1. The molecule has 1 aromatic rings. The Morgan fingerprint density at radius 2 is 2.10 bits per heavy atom. The first kappa shape index (κ1) is 15.7. The van der Waals surface area contributed by atoms with Crippen LogP contribution in [0.5, 0.6) is 5.75 Å². The molecule has 0 atom stereocenters. The number of aromatic carboxylic acids is 1. The van der Waals surface area contributed by atoms with Crippen molar-refractivity contribution in [2.45, 2.75) is 6.92 Å². The molecule has 0 heterocycles. The van der Waals surface area contributed by atoms with Crippen LogP contribution in [0.25, 0.3) is 0 Å². The van der Waals surface area contributed by atoms with E-state index in [4.69, 9.17) is 21.4 Å². The molecule has 0 radical (unpaired) electrons. The topological polar surface area (TPSA) is 116 Å². The van der Waals surface area contributed by atoms with E-state index in [2.05, 4.69) is 4.74 Å². The summed E-state index contributed by atoms with van der Waals surface area (Å²) in [7, 11) is 0. The van der Waals surface area contributed by atoms with Crippen LogP contribution < -0.4 is 4.74 Å². The van der Waals surface area contributed by atoms with Crippen molar-refractivity contribution in [2.75, 3.05) is 13.2 Å². The minimum absolute atomic E-state index is 0.108. The van der Waals surface area contributed by atoms with Gasteiger partial charge in [-0.3, -0.25) is 10.1 Å². The summed E-state index contributed by atoms with van der Waals surface area (Å²) in [5, 5.41) is 19.7. The average molecular weight is 304 g/mol. The molecule has 20 heavy (non-hydrogen) atoms. The van der Waals surface area contributed by atoms with Crippen LogP contribution in [0.1, 0.15) is 17.3 Å². The van der Waals surface area contributed by atoms with Gasteiger partial charge in [-0.25, -0.2) is 9.59 Å². The van der Waals surface area contributed by atoms with Crippen LogP contribution in [0.2, 0.25) is 5.02 Å². The molecule has 1 N–H and O–H groups in total. The highest BCUT2D eigenvalue weighted by molar-refractivity contribution is 6.31. The third-order valence-corrected chi connectivity index (χ3v) is 2.32. The van der Waals surface area contributed by atoms with Crippen LogP contribution in [0.15, 0.2) is 12.1 Å². The molecular weight excluding hydrogens is 294 g/mol. The van der Waals surface area contributed by atoms with E-state index >= 15 is 0 Å². The van der Waals surface area contributed by atoms with Crippen LogP contribution in [0, 0.1) is 10.1 Å². The highest BCUT2D eigenvalue weighted by atomic mass is 35.5. The van der Waals surface area contributed by atoms with E-state index in [1.54, 1.807) is 6.92 Å². The number of carbonyl (C=O) groups is 2. The first-order valence-electron chi connectivity index (χ1n) is 5.36. The standard InChI is InChI=1S/C11H10ClNO7/c1-2-19-9(14)5-20-10-7(11(15)16)3-6(12)4-8(10)13(17)18/h3-4H,2,5H2,1H3,(H,15,16). The van der Waals surface area contributed by atoms with E-state index in [1.165, 1.54) is 0 Å². The molecule has 108 valence electrons. The lowest BCUT2D eigenvalue weighted by Gasteiger charge is -2.09. The number of nitrogens with zero attached hydrogens (tertiary/aromatic N) is 1. The maximum Gasteiger partial charge on any atom is 0.344 e. The number of nitro benzene ring substituents is 1. The average Bonchev–Trinajstić information content (AvgIpc) is 2.36. The van der Waals surface area contributed by atoms with Gasteiger partial charge in [0.2, 0.25) is 5.75 Å². The lowest BCUT2D eigenvalue weighted by molar-refractivity contribution is -0.385. The molecular formula is C11H10ClNO7. The smallest absolute Gasteiger partial charge is 0.344 e. The Kier molecular flexibility index (Phi) is 5.27. The normalized spacial score (nSPS) is 9.90. The first-order chi connectivity index (χ1) is 9.36. The minimum atomic E-state index is -1.46. The van der Waals surface area contributed by atoms with Crippen molar-refractivity contribution in [3.05, 3.63) is 32.8 Å².